The Morgan fingerprint density at radius 2 is 2.04 bits per heavy atom. The molecule has 10 heteroatoms. The van der Waals surface area contributed by atoms with Gasteiger partial charge >= 0.3 is 5.97 Å². The molecule has 2 saturated heterocycles. The second-order valence-corrected chi connectivity index (χ2v) is 6.93. The zero-order chi connectivity index (χ0) is 19.1. The lowest BCUT2D eigenvalue weighted by molar-refractivity contribution is -0.154. The van der Waals surface area contributed by atoms with E-state index in [0.717, 1.165) is 45.0 Å². The molecular formula is C17H28N6O4. The summed E-state index contributed by atoms with van der Waals surface area (Å²) < 4.78 is 12.0. The molecule has 0 N–H and O–H groups in total. The zero-order valence-corrected chi connectivity index (χ0v) is 15.9. The number of esters is 1. The lowest BCUT2D eigenvalue weighted by Gasteiger charge is -2.33. The van der Waals surface area contributed by atoms with Crippen molar-refractivity contribution in [3.63, 3.8) is 0 Å². The van der Waals surface area contributed by atoms with Crippen LogP contribution in [0.15, 0.2) is 0 Å². The maximum absolute atomic E-state index is 12.6. The van der Waals surface area contributed by atoms with Gasteiger partial charge in [-0.1, -0.05) is 0 Å². The Bertz CT molecular complexity index is 631. The van der Waals surface area contributed by atoms with Crippen LogP contribution in [0.4, 0.5) is 0 Å². The van der Waals surface area contributed by atoms with Crippen molar-refractivity contribution in [3.8, 4) is 0 Å². The number of morpholine rings is 1. The third-order valence-corrected chi connectivity index (χ3v) is 5.13. The number of nitrogens with zero attached hydrogens (tertiary/aromatic N) is 6. The molecule has 27 heavy (non-hydrogen) atoms. The first-order chi connectivity index (χ1) is 13.2. The molecular weight excluding hydrogens is 352 g/mol. The number of piperidine rings is 1. The van der Waals surface area contributed by atoms with Crippen LogP contribution in [0.1, 0.15) is 37.9 Å². The topological polar surface area (TPSA) is 103 Å². The summed E-state index contributed by atoms with van der Waals surface area (Å²) in [6.45, 7) is 5.08. The summed E-state index contributed by atoms with van der Waals surface area (Å²) in [7, 11) is 1.37. The summed E-state index contributed by atoms with van der Waals surface area (Å²) >= 11 is 0. The van der Waals surface area contributed by atoms with Gasteiger partial charge in [-0.15, -0.1) is 5.10 Å². The number of hydrogen-bond acceptors (Lipinski definition) is 8. The monoisotopic (exact) mass is 380 g/mol. The molecule has 1 amide bonds. The first kappa shape index (κ1) is 19.7. The summed E-state index contributed by atoms with van der Waals surface area (Å²) in [5.74, 6) is 0.471. The van der Waals surface area contributed by atoms with E-state index in [2.05, 4.69) is 20.4 Å². The number of amides is 1. The van der Waals surface area contributed by atoms with Crippen LogP contribution in [0.5, 0.6) is 0 Å². The zero-order valence-electron chi connectivity index (χ0n) is 15.9. The number of likely N-dealkylation sites (tertiary alicyclic amines) is 1. The Morgan fingerprint density at radius 1 is 1.22 bits per heavy atom. The van der Waals surface area contributed by atoms with Gasteiger partial charge in [0.15, 0.2) is 5.82 Å². The maximum Gasteiger partial charge on any atom is 0.328 e. The summed E-state index contributed by atoms with van der Waals surface area (Å²) in [6, 6.07) is -0.443. The van der Waals surface area contributed by atoms with Crippen LogP contribution in [-0.4, -0.2) is 87.9 Å². The molecule has 150 valence electrons. The molecule has 0 spiro atoms. The van der Waals surface area contributed by atoms with Crippen molar-refractivity contribution in [2.75, 3.05) is 40.0 Å². The van der Waals surface area contributed by atoms with Crippen molar-refractivity contribution < 1.29 is 19.1 Å². The Hall–Kier alpha value is -2.07. The van der Waals surface area contributed by atoms with E-state index in [-0.39, 0.29) is 11.9 Å². The molecule has 2 aliphatic rings. The van der Waals surface area contributed by atoms with Crippen LogP contribution < -0.4 is 0 Å². The smallest absolute Gasteiger partial charge is 0.328 e. The molecule has 0 radical (unpaired) electrons. The van der Waals surface area contributed by atoms with Crippen molar-refractivity contribution in [1.82, 2.24) is 30.0 Å². The number of tetrazole rings is 1. The normalized spacial score (nSPS) is 21.2. The highest BCUT2D eigenvalue weighted by molar-refractivity contribution is 5.84. The summed E-state index contributed by atoms with van der Waals surface area (Å²) in [6.07, 6.45) is 3.54. The van der Waals surface area contributed by atoms with Crippen LogP contribution in [0.3, 0.4) is 0 Å². The molecule has 2 aliphatic heterocycles. The lowest BCUT2D eigenvalue weighted by atomic mass is 10.0. The van der Waals surface area contributed by atoms with Crippen molar-refractivity contribution in [2.24, 2.45) is 0 Å². The van der Waals surface area contributed by atoms with E-state index in [4.69, 9.17) is 9.47 Å². The highest BCUT2D eigenvalue weighted by Crippen LogP contribution is 2.19. The Labute approximate surface area is 158 Å². The fourth-order valence-electron chi connectivity index (χ4n) is 3.60. The van der Waals surface area contributed by atoms with Gasteiger partial charge in [-0.25, -0.2) is 9.48 Å². The van der Waals surface area contributed by atoms with Gasteiger partial charge in [0.2, 0.25) is 5.91 Å². The number of ether oxygens (including phenoxy) is 2. The predicted molar refractivity (Wildman–Crippen MR) is 94.5 cm³/mol. The first-order valence-corrected chi connectivity index (χ1v) is 9.61. The summed E-state index contributed by atoms with van der Waals surface area (Å²) in [5.41, 5.74) is 0. The number of rotatable bonds is 7. The fraction of sp³-hybridized carbons (Fsp3) is 0.824. The quantitative estimate of drug-likeness (QED) is 0.601. The van der Waals surface area contributed by atoms with E-state index < -0.39 is 6.04 Å². The third-order valence-electron chi connectivity index (χ3n) is 5.13. The molecule has 0 aliphatic carbocycles. The third kappa shape index (κ3) is 5.23. The Balaban J connectivity index is 1.48. The molecule has 0 unspecified atom stereocenters. The van der Waals surface area contributed by atoms with E-state index in [1.54, 1.807) is 9.58 Å². The van der Waals surface area contributed by atoms with Crippen LogP contribution in [0.2, 0.25) is 0 Å². The minimum Gasteiger partial charge on any atom is -0.467 e. The SMILES string of the molecule is COC(=O)[C@@H]1CCCCN1C(=O)CCCn1nnnc1CN1CCOCC1. The van der Waals surface area contributed by atoms with E-state index in [9.17, 15) is 9.59 Å². The van der Waals surface area contributed by atoms with Crippen LogP contribution in [0.25, 0.3) is 0 Å². The second-order valence-electron chi connectivity index (χ2n) is 6.93. The van der Waals surface area contributed by atoms with Crippen LogP contribution in [0, 0.1) is 0 Å². The van der Waals surface area contributed by atoms with Gasteiger partial charge in [0, 0.05) is 32.6 Å². The average molecular weight is 380 g/mol. The molecule has 2 fully saturated rings. The molecule has 3 heterocycles. The molecule has 10 nitrogen and oxygen atoms in total. The predicted octanol–water partition coefficient (Wildman–Crippen LogP) is -0.160. The Morgan fingerprint density at radius 3 is 2.81 bits per heavy atom. The molecule has 1 aromatic rings. The van der Waals surface area contributed by atoms with E-state index in [0.29, 0.717) is 38.9 Å². The van der Waals surface area contributed by atoms with Gasteiger partial charge in [0.25, 0.3) is 0 Å². The number of methoxy groups -OCH3 is 1. The van der Waals surface area contributed by atoms with Gasteiger partial charge in [-0.3, -0.25) is 9.69 Å². The van der Waals surface area contributed by atoms with Crippen LogP contribution >= 0.6 is 0 Å². The molecule has 1 aromatic heterocycles. The minimum absolute atomic E-state index is 0.00657. The average Bonchev–Trinajstić information content (AvgIpc) is 3.15. The summed E-state index contributed by atoms with van der Waals surface area (Å²) in [5, 5.41) is 11.9. The number of aromatic nitrogens is 4. The van der Waals surface area contributed by atoms with E-state index in [1.165, 1.54) is 7.11 Å². The number of carbonyl (C=O) groups excluding carboxylic acids is 2. The van der Waals surface area contributed by atoms with Gasteiger partial charge < -0.3 is 14.4 Å². The Kier molecular flexibility index (Phi) is 7.11. The highest BCUT2D eigenvalue weighted by Gasteiger charge is 2.32. The van der Waals surface area contributed by atoms with E-state index >= 15 is 0 Å². The first-order valence-electron chi connectivity index (χ1n) is 9.61. The molecule has 0 saturated carbocycles. The van der Waals surface area contributed by atoms with Gasteiger partial charge in [0.05, 0.1) is 26.9 Å². The molecule has 1 atom stereocenters. The number of hydrogen-bond donors (Lipinski definition) is 0. The fourth-order valence-corrected chi connectivity index (χ4v) is 3.60. The largest absolute Gasteiger partial charge is 0.467 e. The molecule has 3 rings (SSSR count). The van der Waals surface area contributed by atoms with Crippen molar-refractivity contribution in [1.29, 1.82) is 0 Å². The highest BCUT2D eigenvalue weighted by atomic mass is 16.5. The van der Waals surface area contributed by atoms with Gasteiger partial charge in [-0.2, -0.15) is 0 Å². The number of aryl methyl sites for hydroxylation is 1. The van der Waals surface area contributed by atoms with Crippen molar-refractivity contribution in [3.05, 3.63) is 5.82 Å². The van der Waals surface area contributed by atoms with Gasteiger partial charge in [0.1, 0.15) is 6.04 Å². The van der Waals surface area contributed by atoms with Crippen molar-refractivity contribution >= 4 is 11.9 Å². The summed E-state index contributed by atoms with van der Waals surface area (Å²) in [4.78, 5) is 28.4. The second kappa shape index (κ2) is 9.75. The minimum atomic E-state index is -0.443. The molecule has 0 aromatic carbocycles. The van der Waals surface area contributed by atoms with Gasteiger partial charge in [-0.05, 0) is 36.1 Å². The maximum atomic E-state index is 12.6. The van der Waals surface area contributed by atoms with E-state index in [1.807, 2.05) is 0 Å². The van der Waals surface area contributed by atoms with Crippen molar-refractivity contribution in [2.45, 2.75) is 51.2 Å². The molecule has 0 bridgehead atoms. The standard InChI is InChI=1S/C17H28N6O4/c1-26-17(25)14-5-2-3-7-22(14)16(24)6-4-8-23-15(18-19-20-23)13-21-9-11-27-12-10-21/h14H,2-13H2,1H3/t14-/m0/s1. The van der Waals surface area contributed by atoms with Crippen LogP contribution in [-0.2, 0) is 32.2 Å². The lowest BCUT2D eigenvalue weighted by Crippen LogP contribution is -2.48. The number of carbonyl (C=O) groups is 2.